The Morgan fingerprint density at radius 2 is 2.10 bits per heavy atom. The van der Waals surface area contributed by atoms with Gasteiger partial charge in [-0.1, -0.05) is 0 Å². The van der Waals surface area contributed by atoms with Crippen LogP contribution in [0.4, 0.5) is 5.82 Å². The lowest BCUT2D eigenvalue weighted by Crippen LogP contribution is -2.26. The normalized spacial score (nSPS) is 11.6. The molecule has 0 aliphatic carbocycles. The molecule has 0 saturated carbocycles. The number of halogens is 2. The van der Waals surface area contributed by atoms with Crippen molar-refractivity contribution < 1.29 is 8.42 Å². The summed E-state index contributed by atoms with van der Waals surface area (Å²) in [6.45, 7) is 0.338. The summed E-state index contributed by atoms with van der Waals surface area (Å²) in [6.07, 6.45) is 2.19. The Balaban J connectivity index is 2.09. The van der Waals surface area contributed by atoms with Crippen molar-refractivity contribution in [3.8, 4) is 0 Å². The number of anilines is 1. The van der Waals surface area contributed by atoms with Crippen molar-refractivity contribution in [3.05, 3.63) is 37.5 Å². The van der Waals surface area contributed by atoms with Crippen LogP contribution in [0, 0.1) is 0 Å². The van der Waals surface area contributed by atoms with E-state index in [0.29, 0.717) is 23.3 Å². The predicted molar refractivity (Wildman–Crippen MR) is 92.4 cm³/mol. The van der Waals surface area contributed by atoms with Crippen molar-refractivity contribution in [2.45, 2.75) is 11.3 Å². The zero-order valence-corrected chi connectivity index (χ0v) is 15.9. The summed E-state index contributed by atoms with van der Waals surface area (Å²) in [6, 6.07) is 5.46. The minimum absolute atomic E-state index is 0.131. The van der Waals surface area contributed by atoms with Crippen LogP contribution in [0.5, 0.6) is 0 Å². The number of pyridine rings is 1. The van der Waals surface area contributed by atoms with E-state index in [1.807, 2.05) is 12.1 Å². The van der Waals surface area contributed by atoms with Gasteiger partial charge in [-0.3, -0.25) is 0 Å². The Morgan fingerprint density at radius 1 is 1.33 bits per heavy atom. The molecule has 2 aromatic rings. The summed E-state index contributed by atoms with van der Waals surface area (Å²) in [4.78, 5) is 5.30. The molecular formula is C12H13Br2N3O2S2. The zero-order valence-electron chi connectivity index (χ0n) is 11.1. The average molecular weight is 455 g/mol. The first-order valence-corrected chi connectivity index (χ1v) is 9.88. The van der Waals surface area contributed by atoms with Crippen molar-refractivity contribution in [2.24, 2.45) is 0 Å². The number of thiophene rings is 1. The maximum absolute atomic E-state index is 12.3. The standard InChI is InChI=1S/C12H13Br2N3O2S2/c1-15-12-10(6-8(13)7-16-12)21(18,19)17-5-4-9-2-3-11(14)20-9/h2-3,6-7,17H,4-5H2,1H3,(H,15,16). The van der Waals surface area contributed by atoms with Gasteiger partial charge in [0.25, 0.3) is 0 Å². The quantitative estimate of drug-likeness (QED) is 0.702. The number of nitrogens with one attached hydrogen (secondary N) is 2. The highest BCUT2D eigenvalue weighted by atomic mass is 79.9. The summed E-state index contributed by atoms with van der Waals surface area (Å²) >= 11 is 8.22. The monoisotopic (exact) mass is 453 g/mol. The van der Waals surface area contributed by atoms with Crippen LogP contribution in [0.1, 0.15) is 4.88 Å². The molecule has 0 amide bonds. The number of nitrogens with zero attached hydrogens (tertiary/aromatic N) is 1. The molecule has 2 rings (SSSR count). The lowest BCUT2D eigenvalue weighted by molar-refractivity contribution is 0.581. The SMILES string of the molecule is CNc1ncc(Br)cc1S(=O)(=O)NCCc1ccc(Br)s1. The Hall–Kier alpha value is -0.480. The van der Waals surface area contributed by atoms with E-state index in [1.54, 1.807) is 24.6 Å². The number of aromatic nitrogens is 1. The fourth-order valence-corrected chi connectivity index (χ4v) is 4.87. The van der Waals surface area contributed by atoms with E-state index in [9.17, 15) is 8.42 Å². The van der Waals surface area contributed by atoms with Crippen LogP contribution in [-0.4, -0.2) is 27.0 Å². The van der Waals surface area contributed by atoms with Crippen molar-refractivity contribution in [1.29, 1.82) is 0 Å². The third-order valence-electron chi connectivity index (χ3n) is 2.64. The third kappa shape index (κ3) is 4.49. The molecule has 0 radical (unpaired) electrons. The first kappa shape index (κ1) is 16.9. The first-order valence-electron chi connectivity index (χ1n) is 5.99. The van der Waals surface area contributed by atoms with Gasteiger partial charge in [0.05, 0.1) is 3.79 Å². The minimum Gasteiger partial charge on any atom is -0.372 e. The molecule has 0 aromatic carbocycles. The summed E-state index contributed by atoms with van der Waals surface area (Å²) in [5.41, 5.74) is 0. The molecule has 0 aliphatic rings. The minimum atomic E-state index is -3.60. The van der Waals surface area contributed by atoms with Crippen LogP contribution >= 0.6 is 43.2 Å². The van der Waals surface area contributed by atoms with Crippen molar-refractivity contribution in [2.75, 3.05) is 18.9 Å². The first-order chi connectivity index (χ1) is 9.92. The van der Waals surface area contributed by atoms with Crippen LogP contribution in [0.2, 0.25) is 0 Å². The summed E-state index contributed by atoms with van der Waals surface area (Å²) in [7, 11) is -1.96. The topological polar surface area (TPSA) is 71.1 Å². The third-order valence-corrected chi connectivity index (χ3v) is 6.23. The molecule has 0 atom stereocenters. The lowest BCUT2D eigenvalue weighted by atomic mass is 10.3. The summed E-state index contributed by atoms with van der Waals surface area (Å²) in [5.74, 6) is 0.324. The Bertz CT molecular complexity index is 732. The summed E-state index contributed by atoms with van der Waals surface area (Å²) < 4.78 is 28.9. The summed E-state index contributed by atoms with van der Waals surface area (Å²) in [5, 5.41) is 2.79. The van der Waals surface area contributed by atoms with Crippen LogP contribution in [0.3, 0.4) is 0 Å². The molecule has 0 aliphatic heterocycles. The largest absolute Gasteiger partial charge is 0.372 e. The van der Waals surface area contributed by atoms with Gasteiger partial charge in [0.1, 0.15) is 10.7 Å². The van der Waals surface area contributed by atoms with Gasteiger partial charge in [0, 0.05) is 29.1 Å². The van der Waals surface area contributed by atoms with E-state index in [4.69, 9.17) is 0 Å². The number of hydrogen-bond donors (Lipinski definition) is 2. The molecule has 2 aromatic heterocycles. The van der Waals surface area contributed by atoms with Crippen molar-refractivity contribution in [1.82, 2.24) is 9.71 Å². The number of sulfonamides is 1. The van der Waals surface area contributed by atoms with Gasteiger partial charge in [-0.15, -0.1) is 11.3 Å². The molecule has 9 heteroatoms. The van der Waals surface area contributed by atoms with Gasteiger partial charge in [0.2, 0.25) is 10.0 Å². The van der Waals surface area contributed by atoms with Gasteiger partial charge in [0.15, 0.2) is 0 Å². The van der Waals surface area contributed by atoms with Crippen LogP contribution < -0.4 is 10.0 Å². The maximum atomic E-state index is 12.3. The van der Waals surface area contributed by atoms with Gasteiger partial charge in [-0.25, -0.2) is 18.1 Å². The smallest absolute Gasteiger partial charge is 0.244 e. The Kier molecular flexibility index (Phi) is 5.78. The number of rotatable bonds is 6. The molecule has 114 valence electrons. The highest BCUT2D eigenvalue weighted by Gasteiger charge is 2.19. The molecule has 0 fully saturated rings. The van der Waals surface area contributed by atoms with Crippen molar-refractivity contribution in [3.63, 3.8) is 0 Å². The highest BCUT2D eigenvalue weighted by molar-refractivity contribution is 9.11. The molecular weight excluding hydrogens is 442 g/mol. The maximum Gasteiger partial charge on any atom is 0.244 e. The second-order valence-electron chi connectivity index (χ2n) is 4.10. The molecule has 2 heterocycles. The fraction of sp³-hybridized carbons (Fsp3) is 0.250. The van der Waals surface area contributed by atoms with Gasteiger partial charge in [-0.05, 0) is 56.5 Å². The van der Waals surface area contributed by atoms with Gasteiger partial charge < -0.3 is 5.32 Å². The average Bonchev–Trinajstić information content (AvgIpc) is 2.84. The van der Waals surface area contributed by atoms with E-state index in [-0.39, 0.29) is 4.90 Å². The van der Waals surface area contributed by atoms with Crippen LogP contribution in [0.25, 0.3) is 0 Å². The Labute approximate surface area is 144 Å². The van der Waals surface area contributed by atoms with E-state index >= 15 is 0 Å². The second-order valence-corrected chi connectivity index (χ2v) is 9.30. The highest BCUT2D eigenvalue weighted by Crippen LogP contribution is 2.24. The van der Waals surface area contributed by atoms with E-state index in [0.717, 1.165) is 8.66 Å². The van der Waals surface area contributed by atoms with Crippen molar-refractivity contribution >= 4 is 59.0 Å². The van der Waals surface area contributed by atoms with E-state index in [1.165, 1.54) is 6.07 Å². The van der Waals surface area contributed by atoms with E-state index in [2.05, 4.69) is 46.9 Å². The van der Waals surface area contributed by atoms with E-state index < -0.39 is 10.0 Å². The molecule has 21 heavy (non-hydrogen) atoms. The molecule has 5 nitrogen and oxygen atoms in total. The Morgan fingerprint density at radius 3 is 2.71 bits per heavy atom. The molecule has 0 bridgehead atoms. The molecule has 2 N–H and O–H groups in total. The van der Waals surface area contributed by atoms with Gasteiger partial charge in [-0.2, -0.15) is 0 Å². The molecule has 0 spiro atoms. The van der Waals surface area contributed by atoms with Crippen LogP contribution in [0.15, 0.2) is 37.6 Å². The fourth-order valence-electron chi connectivity index (χ4n) is 1.69. The number of hydrogen-bond acceptors (Lipinski definition) is 5. The molecule has 0 saturated heterocycles. The zero-order chi connectivity index (χ0) is 15.5. The predicted octanol–water partition coefficient (Wildman–Crippen LogP) is 3.23. The van der Waals surface area contributed by atoms with Crippen LogP contribution in [-0.2, 0) is 16.4 Å². The second kappa shape index (κ2) is 7.19. The lowest BCUT2D eigenvalue weighted by Gasteiger charge is -2.10. The van der Waals surface area contributed by atoms with Gasteiger partial charge >= 0.3 is 0 Å². The molecule has 0 unspecified atom stereocenters.